The van der Waals surface area contributed by atoms with Gasteiger partial charge in [-0.05, 0) is 54.5 Å². The molecule has 0 amide bonds. The number of aromatic nitrogens is 3. The van der Waals surface area contributed by atoms with Crippen LogP contribution in [0.2, 0.25) is 5.02 Å². The molecule has 8 heteroatoms. The van der Waals surface area contributed by atoms with Gasteiger partial charge in [0.25, 0.3) is 0 Å². The van der Waals surface area contributed by atoms with Gasteiger partial charge in [-0.3, -0.25) is 4.90 Å². The highest BCUT2D eigenvalue weighted by molar-refractivity contribution is 6.31. The maximum Gasteiger partial charge on any atom is 0.166 e. The number of rotatable bonds is 6. The first-order valence-corrected chi connectivity index (χ1v) is 11.4. The van der Waals surface area contributed by atoms with Crippen molar-refractivity contribution in [3.05, 3.63) is 64.6 Å². The largest absolute Gasteiger partial charge is 0.396 e. The van der Waals surface area contributed by atoms with E-state index in [0.29, 0.717) is 16.6 Å². The molecule has 0 aliphatic carbocycles. The number of nitrogens with zero attached hydrogens (tertiary/aromatic N) is 5. The number of aliphatic hydroxyl groups excluding tert-OH is 1. The van der Waals surface area contributed by atoms with Crippen molar-refractivity contribution in [1.29, 1.82) is 5.26 Å². The Hall–Kier alpha value is -2.79. The van der Waals surface area contributed by atoms with E-state index in [-0.39, 0.29) is 23.3 Å². The van der Waals surface area contributed by atoms with E-state index in [1.165, 1.54) is 10.7 Å². The molecule has 0 saturated carbocycles. The number of likely N-dealkylation sites (tertiary alicyclic amines) is 1. The fourth-order valence-electron chi connectivity index (χ4n) is 4.34. The Morgan fingerprint density at radius 2 is 2.12 bits per heavy atom. The number of hydrogen-bond donors (Lipinski definition) is 1. The third kappa shape index (κ3) is 4.93. The predicted octanol–water partition coefficient (Wildman–Crippen LogP) is 4.83. The maximum absolute atomic E-state index is 14.5. The zero-order valence-corrected chi connectivity index (χ0v) is 19.6. The van der Waals surface area contributed by atoms with Crippen LogP contribution < -0.4 is 0 Å². The molecule has 6 nitrogen and oxygen atoms in total. The first-order chi connectivity index (χ1) is 15.8. The second-order valence-electron chi connectivity index (χ2n) is 9.33. The van der Waals surface area contributed by atoms with Gasteiger partial charge in [-0.25, -0.2) is 9.07 Å². The minimum absolute atomic E-state index is 0.0423. The summed E-state index contributed by atoms with van der Waals surface area (Å²) in [7, 11) is 0. The summed E-state index contributed by atoms with van der Waals surface area (Å²) in [6, 6.07) is 12.2. The van der Waals surface area contributed by atoms with Gasteiger partial charge in [-0.2, -0.15) is 5.26 Å². The molecular formula is C25H27ClFN5O. The quantitative estimate of drug-likeness (QED) is 0.561. The molecule has 0 bridgehead atoms. The summed E-state index contributed by atoms with van der Waals surface area (Å²) in [4.78, 5) is 2.40. The van der Waals surface area contributed by atoms with Crippen LogP contribution in [-0.4, -0.2) is 44.7 Å². The van der Waals surface area contributed by atoms with Gasteiger partial charge in [0.1, 0.15) is 17.5 Å². The summed E-state index contributed by atoms with van der Waals surface area (Å²) in [6.45, 7) is 7.13. The van der Waals surface area contributed by atoms with Crippen LogP contribution in [-0.2, 0) is 6.54 Å². The molecule has 4 rings (SSSR count). The Balaban J connectivity index is 1.50. The van der Waals surface area contributed by atoms with Gasteiger partial charge in [0, 0.05) is 30.3 Å². The van der Waals surface area contributed by atoms with Gasteiger partial charge in [-0.15, -0.1) is 5.10 Å². The van der Waals surface area contributed by atoms with E-state index in [9.17, 15) is 9.50 Å². The molecule has 1 aromatic heterocycles. The third-order valence-corrected chi connectivity index (χ3v) is 6.95. The van der Waals surface area contributed by atoms with E-state index in [2.05, 4.69) is 29.1 Å². The van der Waals surface area contributed by atoms with Crippen molar-refractivity contribution in [3.63, 3.8) is 0 Å². The highest BCUT2D eigenvalue weighted by atomic mass is 35.5. The van der Waals surface area contributed by atoms with Crippen LogP contribution in [0.3, 0.4) is 0 Å². The summed E-state index contributed by atoms with van der Waals surface area (Å²) in [5.74, 6) is -0.182. The molecule has 3 aromatic rings. The zero-order chi connectivity index (χ0) is 23.6. The minimum Gasteiger partial charge on any atom is -0.396 e. The summed E-state index contributed by atoms with van der Waals surface area (Å²) in [5, 5.41) is 27.6. The van der Waals surface area contributed by atoms with Gasteiger partial charge in [0.05, 0.1) is 11.8 Å². The lowest BCUT2D eigenvalue weighted by atomic mass is 9.75. The first-order valence-electron chi connectivity index (χ1n) is 11.1. The molecule has 0 unspecified atom stereocenters. The van der Waals surface area contributed by atoms with Crippen molar-refractivity contribution >= 4 is 11.6 Å². The molecular weight excluding hydrogens is 441 g/mol. The molecule has 2 heterocycles. The number of piperidine rings is 1. The monoisotopic (exact) mass is 467 g/mol. The van der Waals surface area contributed by atoms with Crippen LogP contribution in [0, 0.1) is 28.5 Å². The lowest BCUT2D eigenvalue weighted by Crippen LogP contribution is -2.42. The molecule has 2 aromatic carbocycles. The van der Waals surface area contributed by atoms with E-state index < -0.39 is 5.82 Å². The van der Waals surface area contributed by atoms with Crippen LogP contribution in [0.4, 0.5) is 4.39 Å². The van der Waals surface area contributed by atoms with Crippen molar-refractivity contribution in [1.82, 2.24) is 19.9 Å². The van der Waals surface area contributed by atoms with Crippen LogP contribution in [0.15, 0.2) is 42.6 Å². The summed E-state index contributed by atoms with van der Waals surface area (Å²) in [6.07, 6.45) is 3.86. The van der Waals surface area contributed by atoms with Gasteiger partial charge < -0.3 is 5.11 Å². The Bertz CT molecular complexity index is 1190. The van der Waals surface area contributed by atoms with Crippen molar-refractivity contribution in [3.8, 4) is 23.0 Å². The van der Waals surface area contributed by atoms with E-state index in [0.717, 1.165) is 43.6 Å². The normalized spacial score (nSPS) is 17.2. The first kappa shape index (κ1) is 23.4. The Labute approximate surface area is 198 Å². The van der Waals surface area contributed by atoms with E-state index >= 15 is 0 Å². The summed E-state index contributed by atoms with van der Waals surface area (Å²) < 4.78 is 15.8. The van der Waals surface area contributed by atoms with Crippen molar-refractivity contribution in [2.24, 2.45) is 11.3 Å². The van der Waals surface area contributed by atoms with E-state index in [4.69, 9.17) is 16.9 Å². The summed E-state index contributed by atoms with van der Waals surface area (Å²) >= 11 is 6.62. The second kappa shape index (κ2) is 9.60. The SMILES string of the molecule is CC(C)(CO)[C@H]1CCCN(Cc2ccc(-c3cn(-c4cccc(C#N)c4F)nn3)cc2Cl)C1. The highest BCUT2D eigenvalue weighted by Crippen LogP contribution is 2.34. The predicted molar refractivity (Wildman–Crippen MR) is 125 cm³/mol. The minimum atomic E-state index is -0.631. The molecule has 172 valence electrons. The molecule has 1 saturated heterocycles. The molecule has 0 spiro atoms. The average molecular weight is 468 g/mol. The Morgan fingerprint density at radius 1 is 1.30 bits per heavy atom. The average Bonchev–Trinajstić information content (AvgIpc) is 3.31. The van der Waals surface area contributed by atoms with Crippen LogP contribution >= 0.6 is 11.6 Å². The standard InChI is InChI=1S/C25H27ClFN5O/c1-25(2,16-33)20-6-4-10-31(14-20)13-19-9-8-17(11-21(19)26)22-15-32(30-29-22)23-7-3-5-18(12-28)24(23)27/h3,5,7-9,11,15,20,33H,4,6,10,13-14,16H2,1-2H3/t20-/m0/s1. The van der Waals surface area contributed by atoms with Crippen LogP contribution in [0.5, 0.6) is 0 Å². The van der Waals surface area contributed by atoms with Crippen molar-refractivity contribution in [2.75, 3.05) is 19.7 Å². The Kier molecular flexibility index (Phi) is 6.80. The topological polar surface area (TPSA) is 78.0 Å². The van der Waals surface area contributed by atoms with E-state index in [1.807, 2.05) is 24.3 Å². The molecule has 1 aliphatic heterocycles. The Morgan fingerprint density at radius 3 is 2.85 bits per heavy atom. The number of aliphatic hydroxyl groups is 1. The van der Waals surface area contributed by atoms with Gasteiger partial charge in [0.2, 0.25) is 0 Å². The molecule has 1 atom stereocenters. The summed E-state index contributed by atoms with van der Waals surface area (Å²) in [5.41, 5.74) is 2.41. The molecule has 1 aliphatic rings. The maximum atomic E-state index is 14.5. The number of benzene rings is 2. The molecule has 1 fully saturated rings. The smallest absolute Gasteiger partial charge is 0.166 e. The fourth-order valence-corrected chi connectivity index (χ4v) is 4.58. The zero-order valence-electron chi connectivity index (χ0n) is 18.8. The van der Waals surface area contributed by atoms with E-state index in [1.54, 1.807) is 18.3 Å². The second-order valence-corrected chi connectivity index (χ2v) is 9.73. The highest BCUT2D eigenvalue weighted by Gasteiger charge is 2.32. The van der Waals surface area contributed by atoms with Gasteiger partial charge in [0.15, 0.2) is 5.82 Å². The number of nitriles is 1. The lowest BCUT2D eigenvalue weighted by molar-refractivity contribution is 0.0382. The number of hydrogen-bond acceptors (Lipinski definition) is 5. The third-order valence-electron chi connectivity index (χ3n) is 6.60. The lowest BCUT2D eigenvalue weighted by Gasteiger charge is -2.40. The molecule has 33 heavy (non-hydrogen) atoms. The van der Waals surface area contributed by atoms with Gasteiger partial charge >= 0.3 is 0 Å². The fraction of sp³-hybridized carbons (Fsp3) is 0.400. The van der Waals surface area contributed by atoms with Crippen molar-refractivity contribution < 1.29 is 9.50 Å². The molecule has 1 N–H and O–H groups in total. The molecule has 0 radical (unpaired) electrons. The van der Waals surface area contributed by atoms with Crippen LogP contribution in [0.1, 0.15) is 37.8 Å². The van der Waals surface area contributed by atoms with Gasteiger partial charge in [-0.1, -0.05) is 48.9 Å². The van der Waals surface area contributed by atoms with Crippen LogP contribution in [0.25, 0.3) is 16.9 Å². The number of halogens is 2. The van der Waals surface area contributed by atoms with Crippen molar-refractivity contribution in [2.45, 2.75) is 33.2 Å².